The van der Waals surface area contributed by atoms with E-state index in [-0.39, 0.29) is 11.9 Å². The van der Waals surface area contributed by atoms with Gasteiger partial charge in [0.1, 0.15) is 0 Å². The molecular weight excluding hydrogens is 264 g/mol. The van der Waals surface area contributed by atoms with Gasteiger partial charge in [0.05, 0.1) is 18.0 Å². The summed E-state index contributed by atoms with van der Waals surface area (Å²) in [6, 6.07) is 2.01. The van der Waals surface area contributed by atoms with Crippen molar-refractivity contribution in [3.63, 3.8) is 0 Å². The van der Waals surface area contributed by atoms with E-state index in [0.717, 1.165) is 0 Å². The normalized spacial score (nSPS) is 15.3. The molecule has 1 aliphatic rings. The van der Waals surface area contributed by atoms with Crippen molar-refractivity contribution in [1.82, 2.24) is 29.9 Å². The first-order valence-electron chi connectivity index (χ1n) is 5.86. The number of carbonyl (C=O) groups is 1. The number of carbonyl (C=O) groups excluding carboxylic acids is 1. The Labute approximate surface area is 114 Å². The molecule has 0 aromatic carbocycles. The third-order valence-corrected chi connectivity index (χ3v) is 3.76. The fourth-order valence-electron chi connectivity index (χ4n) is 1.82. The molecule has 8 heteroatoms. The van der Waals surface area contributed by atoms with Gasteiger partial charge < -0.3 is 4.90 Å². The SMILES string of the molecule is O=C(CSc1ncccn1)N1CC(n2ccnn2)C1. The Morgan fingerprint density at radius 1 is 1.32 bits per heavy atom. The largest absolute Gasteiger partial charge is 0.338 e. The highest BCUT2D eigenvalue weighted by molar-refractivity contribution is 7.99. The molecule has 0 spiro atoms. The Morgan fingerprint density at radius 3 is 2.79 bits per heavy atom. The van der Waals surface area contributed by atoms with Gasteiger partial charge in [0.25, 0.3) is 0 Å². The van der Waals surface area contributed by atoms with Crippen LogP contribution in [0.3, 0.4) is 0 Å². The highest BCUT2D eigenvalue weighted by Gasteiger charge is 2.32. The fraction of sp³-hybridized carbons (Fsp3) is 0.364. The van der Waals surface area contributed by atoms with Crippen molar-refractivity contribution in [3.8, 4) is 0 Å². The highest BCUT2D eigenvalue weighted by atomic mass is 32.2. The van der Waals surface area contributed by atoms with Crippen LogP contribution in [0.15, 0.2) is 36.0 Å². The second-order valence-electron chi connectivity index (χ2n) is 4.16. The van der Waals surface area contributed by atoms with E-state index in [1.54, 1.807) is 29.3 Å². The molecule has 0 bridgehead atoms. The Kier molecular flexibility index (Phi) is 3.41. The zero-order valence-corrected chi connectivity index (χ0v) is 10.9. The summed E-state index contributed by atoms with van der Waals surface area (Å²) in [5, 5.41) is 8.32. The van der Waals surface area contributed by atoms with E-state index in [0.29, 0.717) is 24.0 Å². The molecule has 2 aromatic rings. The molecule has 0 saturated carbocycles. The van der Waals surface area contributed by atoms with E-state index in [1.807, 2.05) is 11.1 Å². The van der Waals surface area contributed by atoms with Crippen LogP contribution in [0.5, 0.6) is 0 Å². The van der Waals surface area contributed by atoms with Crippen LogP contribution in [0.4, 0.5) is 0 Å². The molecule has 3 rings (SSSR count). The van der Waals surface area contributed by atoms with Crippen LogP contribution in [0, 0.1) is 0 Å². The standard InChI is InChI=1S/C11H12N6OS/c18-10(8-19-11-12-2-1-3-13-11)16-6-9(7-16)17-5-4-14-15-17/h1-5,9H,6-8H2. The quantitative estimate of drug-likeness (QED) is 0.588. The van der Waals surface area contributed by atoms with Gasteiger partial charge in [-0.1, -0.05) is 17.0 Å². The van der Waals surface area contributed by atoms with Crippen LogP contribution < -0.4 is 0 Å². The predicted octanol–water partition coefficient (Wildman–Crippen LogP) is 0.244. The minimum Gasteiger partial charge on any atom is -0.338 e. The second kappa shape index (κ2) is 5.35. The molecule has 0 aliphatic carbocycles. The second-order valence-corrected chi connectivity index (χ2v) is 5.10. The smallest absolute Gasteiger partial charge is 0.233 e. The third-order valence-electron chi connectivity index (χ3n) is 2.90. The van der Waals surface area contributed by atoms with Crippen LogP contribution in [-0.2, 0) is 4.79 Å². The lowest BCUT2D eigenvalue weighted by Gasteiger charge is -2.38. The van der Waals surface area contributed by atoms with Crippen LogP contribution in [-0.4, -0.2) is 54.6 Å². The van der Waals surface area contributed by atoms with Gasteiger partial charge in [0, 0.05) is 31.7 Å². The predicted molar refractivity (Wildman–Crippen MR) is 68.4 cm³/mol. The van der Waals surface area contributed by atoms with Gasteiger partial charge >= 0.3 is 0 Å². The summed E-state index contributed by atoms with van der Waals surface area (Å²) in [6.45, 7) is 1.39. The number of hydrogen-bond donors (Lipinski definition) is 0. The summed E-state index contributed by atoms with van der Waals surface area (Å²) < 4.78 is 1.79. The maximum absolute atomic E-state index is 11.9. The van der Waals surface area contributed by atoms with E-state index in [2.05, 4.69) is 20.3 Å². The molecule has 0 unspecified atom stereocenters. The van der Waals surface area contributed by atoms with Gasteiger partial charge in [-0.15, -0.1) is 5.10 Å². The molecule has 0 radical (unpaired) electrons. The molecule has 1 amide bonds. The zero-order chi connectivity index (χ0) is 13.1. The van der Waals surface area contributed by atoms with E-state index < -0.39 is 0 Å². The molecule has 98 valence electrons. The van der Waals surface area contributed by atoms with Crippen molar-refractivity contribution in [1.29, 1.82) is 0 Å². The lowest BCUT2D eigenvalue weighted by atomic mass is 10.1. The van der Waals surface area contributed by atoms with Gasteiger partial charge in [-0.05, 0) is 6.07 Å². The van der Waals surface area contributed by atoms with Gasteiger partial charge in [-0.3, -0.25) is 4.79 Å². The number of thioether (sulfide) groups is 1. The first-order chi connectivity index (χ1) is 9.33. The molecule has 0 atom stereocenters. The van der Waals surface area contributed by atoms with Gasteiger partial charge in [0.15, 0.2) is 5.16 Å². The molecule has 1 fully saturated rings. The monoisotopic (exact) mass is 276 g/mol. The average Bonchev–Trinajstić information content (AvgIpc) is 2.90. The van der Waals surface area contributed by atoms with Gasteiger partial charge in [-0.25, -0.2) is 14.6 Å². The number of hydrogen-bond acceptors (Lipinski definition) is 6. The molecule has 3 heterocycles. The van der Waals surface area contributed by atoms with E-state index in [1.165, 1.54) is 11.8 Å². The summed E-state index contributed by atoms with van der Waals surface area (Å²) in [5.41, 5.74) is 0. The van der Waals surface area contributed by atoms with Gasteiger partial charge in [-0.2, -0.15) is 0 Å². The first-order valence-corrected chi connectivity index (χ1v) is 6.85. The van der Waals surface area contributed by atoms with E-state index >= 15 is 0 Å². The van der Waals surface area contributed by atoms with Crippen molar-refractivity contribution in [2.24, 2.45) is 0 Å². The Bertz CT molecular complexity index is 540. The molecule has 19 heavy (non-hydrogen) atoms. The molecule has 1 aliphatic heterocycles. The number of nitrogens with zero attached hydrogens (tertiary/aromatic N) is 6. The molecule has 7 nitrogen and oxygen atoms in total. The van der Waals surface area contributed by atoms with Crippen molar-refractivity contribution in [3.05, 3.63) is 30.9 Å². The maximum atomic E-state index is 11.9. The Balaban J connectivity index is 1.46. The number of likely N-dealkylation sites (tertiary alicyclic amines) is 1. The first kappa shape index (κ1) is 12.1. The topological polar surface area (TPSA) is 76.8 Å². The zero-order valence-electron chi connectivity index (χ0n) is 10.1. The lowest BCUT2D eigenvalue weighted by molar-refractivity contribution is -0.134. The van der Waals surface area contributed by atoms with Crippen LogP contribution in [0.1, 0.15) is 6.04 Å². The average molecular weight is 276 g/mol. The summed E-state index contributed by atoms with van der Waals surface area (Å²) in [5.74, 6) is 0.475. The van der Waals surface area contributed by atoms with Crippen molar-refractivity contribution >= 4 is 17.7 Å². The van der Waals surface area contributed by atoms with Crippen molar-refractivity contribution in [2.75, 3.05) is 18.8 Å². The van der Waals surface area contributed by atoms with Crippen LogP contribution in [0.2, 0.25) is 0 Å². The summed E-state index contributed by atoms with van der Waals surface area (Å²) >= 11 is 1.36. The van der Waals surface area contributed by atoms with Crippen molar-refractivity contribution < 1.29 is 4.79 Å². The van der Waals surface area contributed by atoms with Crippen molar-refractivity contribution in [2.45, 2.75) is 11.2 Å². The third kappa shape index (κ3) is 2.73. The molecule has 0 N–H and O–H groups in total. The Morgan fingerprint density at radius 2 is 2.11 bits per heavy atom. The fourth-order valence-corrected chi connectivity index (χ4v) is 2.52. The van der Waals surface area contributed by atoms with Gasteiger partial charge in [0.2, 0.25) is 5.91 Å². The minimum absolute atomic E-state index is 0.105. The molecule has 2 aromatic heterocycles. The lowest BCUT2D eigenvalue weighted by Crippen LogP contribution is -2.51. The van der Waals surface area contributed by atoms with E-state index in [4.69, 9.17) is 0 Å². The molecule has 1 saturated heterocycles. The van der Waals surface area contributed by atoms with Crippen LogP contribution in [0.25, 0.3) is 0 Å². The number of rotatable bonds is 4. The summed E-state index contributed by atoms with van der Waals surface area (Å²) in [6.07, 6.45) is 6.81. The Hall–Kier alpha value is -1.96. The maximum Gasteiger partial charge on any atom is 0.233 e. The number of amides is 1. The minimum atomic E-state index is 0.105. The molecular formula is C11H12N6OS. The summed E-state index contributed by atoms with van der Waals surface area (Å²) in [4.78, 5) is 21.9. The van der Waals surface area contributed by atoms with E-state index in [9.17, 15) is 4.79 Å². The summed E-state index contributed by atoms with van der Waals surface area (Å²) in [7, 11) is 0. The van der Waals surface area contributed by atoms with Crippen LogP contribution >= 0.6 is 11.8 Å². The number of aromatic nitrogens is 5. The highest BCUT2D eigenvalue weighted by Crippen LogP contribution is 2.21.